The topological polar surface area (TPSA) is 99.9 Å². The molecule has 1 fully saturated rings. The van der Waals surface area contributed by atoms with Gasteiger partial charge >= 0.3 is 0 Å². The summed E-state index contributed by atoms with van der Waals surface area (Å²) in [4.78, 5) is 14.4. The molecule has 1 aromatic carbocycles. The second-order valence-corrected chi connectivity index (χ2v) is 6.20. The molecule has 3 heterocycles. The third-order valence-corrected chi connectivity index (χ3v) is 4.48. The van der Waals surface area contributed by atoms with Crippen molar-refractivity contribution in [1.29, 1.82) is 0 Å². The molecule has 1 aliphatic heterocycles. The van der Waals surface area contributed by atoms with E-state index >= 15 is 0 Å². The summed E-state index contributed by atoms with van der Waals surface area (Å²) in [6.07, 6.45) is 4.49. The Hall–Kier alpha value is -3.00. The lowest BCUT2D eigenvalue weighted by atomic mass is 9.90. The van der Waals surface area contributed by atoms with Crippen LogP contribution in [0.5, 0.6) is 0 Å². The smallest absolute Gasteiger partial charge is 0.274 e. The van der Waals surface area contributed by atoms with Crippen LogP contribution in [0, 0.1) is 0 Å². The van der Waals surface area contributed by atoms with E-state index in [1.54, 1.807) is 21.8 Å². The van der Waals surface area contributed by atoms with Crippen LogP contribution in [0.2, 0.25) is 0 Å². The number of aromatic nitrogens is 5. The molecule has 0 bridgehead atoms. The van der Waals surface area contributed by atoms with E-state index in [1.807, 2.05) is 30.3 Å². The second-order valence-electron chi connectivity index (χ2n) is 6.20. The molecule has 8 nitrogen and oxygen atoms in total. The first kappa shape index (κ1) is 15.5. The van der Waals surface area contributed by atoms with Crippen LogP contribution in [0.1, 0.15) is 29.0 Å². The van der Waals surface area contributed by atoms with Gasteiger partial charge in [0, 0.05) is 12.7 Å². The lowest BCUT2D eigenvalue weighted by Gasteiger charge is -2.37. The van der Waals surface area contributed by atoms with E-state index in [0.717, 1.165) is 5.69 Å². The van der Waals surface area contributed by atoms with Crippen molar-refractivity contribution in [2.24, 2.45) is 0 Å². The van der Waals surface area contributed by atoms with Crippen molar-refractivity contribution >= 4 is 5.91 Å². The lowest BCUT2D eigenvalue weighted by Crippen LogP contribution is -2.48. The van der Waals surface area contributed by atoms with Crippen molar-refractivity contribution in [3.8, 4) is 5.69 Å². The lowest BCUT2D eigenvalue weighted by molar-refractivity contribution is -0.0322. The molecule has 0 unspecified atom stereocenters. The van der Waals surface area contributed by atoms with Gasteiger partial charge in [0.1, 0.15) is 11.3 Å². The number of para-hydroxylation sites is 1. The predicted octanol–water partition coefficient (Wildman–Crippen LogP) is 1.11. The number of aromatic amines is 1. The molecule has 0 spiro atoms. The largest absolute Gasteiger partial charge is 0.382 e. The molecule has 1 saturated heterocycles. The highest BCUT2D eigenvalue weighted by atomic mass is 16.3. The third-order valence-electron chi connectivity index (χ3n) is 4.48. The van der Waals surface area contributed by atoms with Gasteiger partial charge in [-0.15, -0.1) is 0 Å². The van der Waals surface area contributed by atoms with Crippen LogP contribution in [-0.2, 0) is 5.60 Å². The number of likely N-dealkylation sites (tertiary alicyclic amines) is 1. The number of aliphatic hydroxyl groups is 1. The molecule has 0 saturated carbocycles. The van der Waals surface area contributed by atoms with Crippen LogP contribution in [0.4, 0.5) is 0 Å². The van der Waals surface area contributed by atoms with Gasteiger partial charge in [0.2, 0.25) is 0 Å². The number of nitrogens with zero attached hydrogens (tertiary/aromatic N) is 5. The predicted molar refractivity (Wildman–Crippen MR) is 89.0 cm³/mol. The van der Waals surface area contributed by atoms with Crippen molar-refractivity contribution < 1.29 is 9.90 Å². The average molecular weight is 338 g/mol. The Bertz CT molecular complexity index is 860. The number of carbonyl (C=O) groups excluding carboxylic acids is 1. The maximum Gasteiger partial charge on any atom is 0.274 e. The van der Waals surface area contributed by atoms with Gasteiger partial charge in [0.15, 0.2) is 5.69 Å². The summed E-state index contributed by atoms with van der Waals surface area (Å²) in [6, 6.07) is 11.3. The number of H-pyrrole nitrogens is 1. The molecular formula is C17H18N6O2. The monoisotopic (exact) mass is 338 g/mol. The number of hydrogen-bond donors (Lipinski definition) is 2. The second kappa shape index (κ2) is 6.14. The number of rotatable bonds is 3. The number of nitrogens with one attached hydrogen (secondary N) is 1. The Labute approximate surface area is 144 Å². The zero-order valence-corrected chi connectivity index (χ0v) is 13.5. The minimum Gasteiger partial charge on any atom is -0.382 e. The van der Waals surface area contributed by atoms with E-state index in [1.165, 1.54) is 6.20 Å². The summed E-state index contributed by atoms with van der Waals surface area (Å²) in [5.74, 6) is -0.198. The molecule has 2 N–H and O–H groups in total. The van der Waals surface area contributed by atoms with Crippen LogP contribution < -0.4 is 0 Å². The maximum absolute atomic E-state index is 12.8. The highest BCUT2D eigenvalue weighted by Crippen LogP contribution is 2.30. The SMILES string of the molecule is O=C(c1ccn(-c2ccccc2)n1)N1CCC[C@](O)(c2cn[nH]n2)C1. The van der Waals surface area contributed by atoms with Crippen molar-refractivity contribution in [3.63, 3.8) is 0 Å². The first-order valence-electron chi connectivity index (χ1n) is 8.15. The summed E-state index contributed by atoms with van der Waals surface area (Å²) in [7, 11) is 0. The molecule has 25 heavy (non-hydrogen) atoms. The molecule has 0 radical (unpaired) electrons. The number of β-amino-alcohol motifs (C(OH)–C–C–N with tert-alkyl or cyclic N) is 1. The molecule has 128 valence electrons. The van der Waals surface area contributed by atoms with Gasteiger partial charge in [-0.1, -0.05) is 18.2 Å². The zero-order valence-electron chi connectivity index (χ0n) is 13.5. The highest BCUT2D eigenvalue weighted by molar-refractivity contribution is 5.92. The van der Waals surface area contributed by atoms with Crippen LogP contribution in [0.25, 0.3) is 5.69 Å². The van der Waals surface area contributed by atoms with Crippen LogP contribution in [-0.4, -0.2) is 54.2 Å². The fourth-order valence-corrected chi connectivity index (χ4v) is 3.17. The molecule has 4 rings (SSSR count). The normalized spacial score (nSPS) is 20.6. The Balaban J connectivity index is 1.54. The summed E-state index contributed by atoms with van der Waals surface area (Å²) >= 11 is 0. The van der Waals surface area contributed by atoms with Gasteiger partial charge in [-0.05, 0) is 31.0 Å². The van der Waals surface area contributed by atoms with Crippen molar-refractivity contribution in [2.75, 3.05) is 13.1 Å². The van der Waals surface area contributed by atoms with E-state index < -0.39 is 5.60 Å². The Kier molecular flexibility index (Phi) is 3.81. The molecule has 3 aromatic rings. The number of hydrogen-bond acceptors (Lipinski definition) is 5. The number of piperidine rings is 1. The van der Waals surface area contributed by atoms with Gasteiger partial charge in [-0.25, -0.2) is 4.68 Å². The Morgan fingerprint density at radius 3 is 2.84 bits per heavy atom. The molecule has 0 aliphatic carbocycles. The zero-order chi connectivity index (χ0) is 17.3. The van der Waals surface area contributed by atoms with Gasteiger partial charge in [0.25, 0.3) is 5.91 Å². The standard InChI is InChI=1S/C17H18N6O2/c24-16(14-7-10-23(20-14)13-5-2-1-3-6-13)22-9-4-8-17(25,12-22)15-11-18-21-19-15/h1-3,5-7,10-11,25H,4,8-9,12H2,(H,18,19,21)/t17-/m1/s1. The number of amides is 1. The van der Waals surface area contributed by atoms with Crippen molar-refractivity contribution in [2.45, 2.75) is 18.4 Å². The van der Waals surface area contributed by atoms with Crippen molar-refractivity contribution in [1.82, 2.24) is 30.1 Å². The third kappa shape index (κ3) is 2.91. The molecule has 1 amide bonds. The first-order valence-corrected chi connectivity index (χ1v) is 8.15. The fourth-order valence-electron chi connectivity index (χ4n) is 3.17. The van der Waals surface area contributed by atoms with Gasteiger partial charge in [0.05, 0.1) is 18.4 Å². The molecule has 1 aliphatic rings. The van der Waals surface area contributed by atoms with Gasteiger partial charge in [-0.2, -0.15) is 20.5 Å². The Morgan fingerprint density at radius 1 is 1.24 bits per heavy atom. The Morgan fingerprint density at radius 2 is 2.08 bits per heavy atom. The summed E-state index contributed by atoms with van der Waals surface area (Å²) in [5, 5.41) is 25.5. The molecule has 1 atom stereocenters. The van der Waals surface area contributed by atoms with Crippen LogP contribution >= 0.6 is 0 Å². The fraction of sp³-hybridized carbons (Fsp3) is 0.294. The van der Waals surface area contributed by atoms with E-state index in [0.29, 0.717) is 30.8 Å². The molecule has 8 heteroatoms. The quantitative estimate of drug-likeness (QED) is 0.745. The maximum atomic E-state index is 12.8. The first-order chi connectivity index (χ1) is 12.2. The van der Waals surface area contributed by atoms with Gasteiger partial charge in [-0.3, -0.25) is 4.79 Å². The van der Waals surface area contributed by atoms with E-state index in [9.17, 15) is 9.90 Å². The summed E-state index contributed by atoms with van der Waals surface area (Å²) in [6.45, 7) is 0.758. The molecule has 2 aromatic heterocycles. The van der Waals surface area contributed by atoms with Gasteiger partial charge < -0.3 is 10.0 Å². The van der Waals surface area contributed by atoms with Crippen molar-refractivity contribution in [3.05, 3.63) is 60.2 Å². The van der Waals surface area contributed by atoms with Crippen LogP contribution in [0.3, 0.4) is 0 Å². The number of carbonyl (C=O) groups is 1. The van der Waals surface area contributed by atoms with E-state index in [-0.39, 0.29) is 12.5 Å². The highest BCUT2D eigenvalue weighted by Gasteiger charge is 2.39. The average Bonchev–Trinajstić information content (AvgIpc) is 3.34. The minimum absolute atomic E-state index is 0.177. The van der Waals surface area contributed by atoms with E-state index in [4.69, 9.17) is 0 Å². The number of benzene rings is 1. The minimum atomic E-state index is -1.18. The molecular weight excluding hydrogens is 320 g/mol. The summed E-state index contributed by atoms with van der Waals surface area (Å²) < 4.78 is 1.67. The summed E-state index contributed by atoms with van der Waals surface area (Å²) in [5.41, 5.74) is 0.524. The van der Waals surface area contributed by atoms with Crippen LogP contribution in [0.15, 0.2) is 48.8 Å². The van der Waals surface area contributed by atoms with E-state index in [2.05, 4.69) is 20.5 Å².